The van der Waals surface area contributed by atoms with Gasteiger partial charge in [-0.3, -0.25) is 9.00 Å². The number of hydrogen-bond donors (Lipinski definition) is 1. The van der Waals surface area contributed by atoms with Gasteiger partial charge < -0.3 is 10.1 Å². The van der Waals surface area contributed by atoms with Crippen LogP contribution >= 0.6 is 0 Å². The molecule has 1 atom stereocenters. The molecule has 1 aliphatic rings. The number of para-hydroxylation sites is 1. The number of nitrogens with one attached hydrogen (secondary N) is 1. The van der Waals surface area contributed by atoms with Crippen LogP contribution in [0, 0.1) is 6.92 Å². The number of hydrogen-bond acceptors (Lipinski definition) is 4. The van der Waals surface area contributed by atoms with Crippen LogP contribution in [0.3, 0.4) is 0 Å². The quantitative estimate of drug-likeness (QED) is 0.573. The Bertz CT molecular complexity index is 1090. The predicted octanol–water partition coefficient (Wildman–Crippen LogP) is 4.37. The van der Waals surface area contributed by atoms with Gasteiger partial charge in [0.25, 0.3) is 5.91 Å². The summed E-state index contributed by atoms with van der Waals surface area (Å²) in [5, 5.41) is 7.68. The minimum atomic E-state index is -0.979. The van der Waals surface area contributed by atoms with Crippen molar-refractivity contribution in [3.05, 3.63) is 70.9 Å². The molecular formula is C23H25N3O3S. The van der Waals surface area contributed by atoms with Gasteiger partial charge in [-0.25, -0.2) is 4.68 Å². The maximum atomic E-state index is 13.0. The Morgan fingerprint density at radius 3 is 2.67 bits per heavy atom. The van der Waals surface area contributed by atoms with Crippen molar-refractivity contribution < 1.29 is 13.7 Å². The number of unbranched alkanes of at least 4 members (excludes halogenated alkanes) is 1. The fraction of sp³-hybridized carbons (Fsp3) is 0.304. The van der Waals surface area contributed by atoms with Crippen molar-refractivity contribution >= 4 is 22.5 Å². The van der Waals surface area contributed by atoms with Crippen molar-refractivity contribution in [1.82, 2.24) is 9.78 Å². The Balaban J connectivity index is 1.60. The van der Waals surface area contributed by atoms with Gasteiger partial charge in [0.05, 0.1) is 29.5 Å². The number of nitrogens with zero attached hydrogens (tertiary/aromatic N) is 2. The lowest BCUT2D eigenvalue weighted by Gasteiger charge is -2.13. The summed E-state index contributed by atoms with van der Waals surface area (Å²) >= 11 is 0. The van der Waals surface area contributed by atoms with Crippen LogP contribution in [0.1, 0.15) is 46.9 Å². The molecule has 0 bridgehead atoms. The normalized spacial score (nSPS) is 15.1. The van der Waals surface area contributed by atoms with Gasteiger partial charge in [-0.05, 0) is 49.2 Å². The first-order valence-electron chi connectivity index (χ1n) is 10.1. The molecule has 0 unspecified atom stereocenters. The number of aryl methyl sites for hydroxylation is 1. The summed E-state index contributed by atoms with van der Waals surface area (Å²) in [4.78, 5) is 13.0. The molecule has 3 aromatic rings. The van der Waals surface area contributed by atoms with Crippen molar-refractivity contribution in [2.75, 3.05) is 11.9 Å². The highest BCUT2D eigenvalue weighted by atomic mass is 32.2. The highest BCUT2D eigenvalue weighted by Crippen LogP contribution is 2.32. The Hall–Kier alpha value is -2.93. The summed E-state index contributed by atoms with van der Waals surface area (Å²) in [7, 11) is -0.979. The molecule has 1 aromatic heterocycles. The average molecular weight is 424 g/mol. The van der Waals surface area contributed by atoms with Crippen LogP contribution in [0.15, 0.2) is 48.5 Å². The standard InChI is InChI=1S/C23H25N3O3S/c1-3-4-13-29-18-11-9-17(10-12-18)23(27)24-22-19-14-30(28)15-20(19)25-26(22)21-8-6-5-7-16(21)2/h5-12H,3-4,13-15H2,1-2H3,(H,24,27)/t30-/m1/s1. The van der Waals surface area contributed by atoms with Crippen molar-refractivity contribution in [2.45, 2.75) is 38.2 Å². The van der Waals surface area contributed by atoms with Crippen molar-refractivity contribution in [3.63, 3.8) is 0 Å². The van der Waals surface area contributed by atoms with E-state index in [1.165, 1.54) is 0 Å². The molecule has 2 aromatic carbocycles. The molecule has 1 N–H and O–H groups in total. The van der Waals surface area contributed by atoms with E-state index in [1.807, 2.05) is 43.3 Å². The molecule has 1 amide bonds. The molecule has 0 aliphatic carbocycles. The molecule has 7 heteroatoms. The van der Waals surface area contributed by atoms with Crippen molar-refractivity contribution in [2.24, 2.45) is 0 Å². The van der Waals surface area contributed by atoms with E-state index in [0.717, 1.165) is 41.1 Å². The van der Waals surface area contributed by atoms with Crippen molar-refractivity contribution in [3.8, 4) is 11.4 Å². The molecule has 0 saturated carbocycles. The summed E-state index contributed by atoms with van der Waals surface area (Å²) in [5.74, 6) is 1.94. The monoisotopic (exact) mass is 423 g/mol. The maximum absolute atomic E-state index is 13.0. The number of carbonyl (C=O) groups is 1. The smallest absolute Gasteiger partial charge is 0.256 e. The van der Waals surface area contributed by atoms with Crippen LogP contribution < -0.4 is 10.1 Å². The zero-order chi connectivity index (χ0) is 21.1. The van der Waals surface area contributed by atoms with E-state index in [4.69, 9.17) is 4.74 Å². The molecule has 4 rings (SSSR count). The molecule has 0 saturated heterocycles. The van der Waals surface area contributed by atoms with E-state index in [1.54, 1.807) is 16.8 Å². The van der Waals surface area contributed by atoms with Gasteiger partial charge in [-0.1, -0.05) is 31.5 Å². The van der Waals surface area contributed by atoms with Gasteiger partial charge in [0.2, 0.25) is 0 Å². The second-order valence-electron chi connectivity index (χ2n) is 7.38. The van der Waals surface area contributed by atoms with Crippen LogP contribution in [-0.2, 0) is 22.3 Å². The topological polar surface area (TPSA) is 73.2 Å². The highest BCUT2D eigenvalue weighted by Gasteiger charge is 2.28. The van der Waals surface area contributed by atoms with Crippen molar-refractivity contribution in [1.29, 1.82) is 0 Å². The number of benzene rings is 2. The minimum absolute atomic E-state index is 0.231. The van der Waals surface area contributed by atoms with E-state index < -0.39 is 10.8 Å². The minimum Gasteiger partial charge on any atom is -0.494 e. The zero-order valence-corrected chi connectivity index (χ0v) is 18.0. The fourth-order valence-electron chi connectivity index (χ4n) is 3.45. The number of fused-ring (bicyclic) bond motifs is 1. The van der Waals surface area contributed by atoms with Gasteiger partial charge >= 0.3 is 0 Å². The van der Waals surface area contributed by atoms with Crippen LogP contribution in [0.2, 0.25) is 0 Å². The second-order valence-corrected chi connectivity index (χ2v) is 8.84. The Morgan fingerprint density at radius 2 is 1.93 bits per heavy atom. The number of amides is 1. The molecule has 0 spiro atoms. The van der Waals surface area contributed by atoms with Crippen LogP contribution in [0.4, 0.5) is 5.82 Å². The molecular weight excluding hydrogens is 398 g/mol. The third-order valence-corrected chi connectivity index (χ3v) is 6.33. The molecule has 156 valence electrons. The molecule has 2 heterocycles. The van der Waals surface area contributed by atoms with Crippen LogP contribution in [0.25, 0.3) is 5.69 Å². The molecule has 1 aliphatic heterocycles. The number of ether oxygens (including phenoxy) is 1. The summed E-state index contributed by atoms with van der Waals surface area (Å²) < 4.78 is 19.5. The summed E-state index contributed by atoms with van der Waals surface area (Å²) in [6.07, 6.45) is 2.07. The Morgan fingerprint density at radius 1 is 1.17 bits per heavy atom. The van der Waals surface area contributed by atoms with Gasteiger partial charge in [0, 0.05) is 21.9 Å². The molecule has 6 nitrogen and oxygen atoms in total. The molecule has 0 radical (unpaired) electrons. The highest BCUT2D eigenvalue weighted by molar-refractivity contribution is 7.83. The van der Waals surface area contributed by atoms with Crippen LogP contribution in [0.5, 0.6) is 5.75 Å². The molecule has 30 heavy (non-hydrogen) atoms. The first-order chi connectivity index (χ1) is 14.6. The van der Waals surface area contributed by atoms with Gasteiger partial charge in [-0.15, -0.1) is 0 Å². The third kappa shape index (κ3) is 4.16. The predicted molar refractivity (Wildman–Crippen MR) is 119 cm³/mol. The lowest BCUT2D eigenvalue weighted by Crippen LogP contribution is -2.17. The van der Waals surface area contributed by atoms with Crippen LogP contribution in [-0.4, -0.2) is 26.5 Å². The van der Waals surface area contributed by atoms with Gasteiger partial charge in [0.1, 0.15) is 11.6 Å². The van der Waals surface area contributed by atoms with E-state index in [-0.39, 0.29) is 5.91 Å². The Labute approximate surface area is 178 Å². The number of aromatic nitrogens is 2. The summed E-state index contributed by atoms with van der Waals surface area (Å²) in [6, 6.07) is 15.0. The number of carbonyl (C=O) groups excluding carboxylic acids is 1. The first-order valence-corrected chi connectivity index (χ1v) is 11.6. The van der Waals surface area contributed by atoms with E-state index in [2.05, 4.69) is 17.3 Å². The third-order valence-electron chi connectivity index (χ3n) is 5.13. The fourth-order valence-corrected chi connectivity index (χ4v) is 4.71. The van der Waals surface area contributed by atoms with E-state index in [0.29, 0.717) is 29.5 Å². The molecule has 0 fully saturated rings. The summed E-state index contributed by atoms with van der Waals surface area (Å²) in [5.41, 5.74) is 4.11. The second kappa shape index (κ2) is 8.83. The summed E-state index contributed by atoms with van der Waals surface area (Å²) in [6.45, 7) is 4.79. The maximum Gasteiger partial charge on any atom is 0.256 e. The zero-order valence-electron chi connectivity index (χ0n) is 17.2. The van der Waals surface area contributed by atoms with E-state index in [9.17, 15) is 9.00 Å². The SMILES string of the molecule is CCCCOc1ccc(C(=O)Nc2c3c(nn2-c2ccccc2C)C[S@](=O)C3)cc1. The average Bonchev–Trinajstić information content (AvgIpc) is 3.26. The number of anilines is 1. The van der Waals surface area contributed by atoms with Gasteiger partial charge in [0.15, 0.2) is 0 Å². The Kier molecular flexibility index (Phi) is 5.99. The first kappa shape index (κ1) is 20.3. The lowest BCUT2D eigenvalue weighted by molar-refractivity contribution is 0.102. The van der Waals surface area contributed by atoms with E-state index >= 15 is 0 Å². The van der Waals surface area contributed by atoms with Gasteiger partial charge in [-0.2, -0.15) is 5.10 Å². The lowest BCUT2D eigenvalue weighted by atomic mass is 10.2. The largest absolute Gasteiger partial charge is 0.494 e. The number of rotatable bonds is 7.